The first-order valence-electron chi connectivity index (χ1n) is 6.71. The number of hydrogen-bond acceptors (Lipinski definition) is 1. The van der Waals surface area contributed by atoms with Gasteiger partial charge in [-0.3, -0.25) is 4.79 Å². The number of carbonyl (C=O) groups is 1. The SMILES string of the molecule is CC(=O)CC(Cl)Cl.ClCCl.ClCCl.ClCCl.ClCCl.ClCCl.ClCCl.ClCCl.ClCCl.ClCCl. The van der Waals surface area contributed by atoms with Crippen LogP contribution in [0.3, 0.4) is 0 Å². The molecule has 1 nitrogen and oxygen atoms in total. The number of halogens is 20. The predicted molar refractivity (Wildman–Crippen MR) is 180 cm³/mol. The molecule has 34 heavy (non-hydrogen) atoms. The van der Waals surface area contributed by atoms with Gasteiger partial charge in [0.2, 0.25) is 0 Å². The second kappa shape index (κ2) is 117. The molecule has 0 atom stereocenters. The highest BCUT2D eigenvalue weighted by Gasteiger charge is 2.00. The number of rotatable bonds is 2. The summed E-state index contributed by atoms with van der Waals surface area (Å²) in [5.41, 5.74) is 0. The lowest BCUT2D eigenvalue weighted by Gasteiger charge is -1.90. The van der Waals surface area contributed by atoms with Crippen LogP contribution in [0.15, 0.2) is 0 Å². The molecule has 0 aliphatic carbocycles. The monoisotopic (exact) mass is 896 g/mol. The number of carbonyl (C=O) groups excluding carboxylic acids is 1. The van der Waals surface area contributed by atoms with Gasteiger partial charge in [-0.15, -0.1) is 232 Å². The Kier molecular flexibility index (Phi) is 232. The maximum atomic E-state index is 10.1. The van der Waals surface area contributed by atoms with E-state index < -0.39 is 4.84 Å². The summed E-state index contributed by atoms with van der Waals surface area (Å²) < 4.78 is 0. The van der Waals surface area contributed by atoms with E-state index >= 15 is 0 Å². The van der Waals surface area contributed by atoms with Crippen LogP contribution in [-0.2, 0) is 4.79 Å². The van der Waals surface area contributed by atoms with Crippen molar-refractivity contribution in [3.8, 4) is 0 Å². The van der Waals surface area contributed by atoms with E-state index in [9.17, 15) is 4.79 Å². The minimum Gasteiger partial charge on any atom is -0.300 e. The van der Waals surface area contributed by atoms with Gasteiger partial charge >= 0.3 is 0 Å². The fourth-order valence-electron chi connectivity index (χ4n) is 0.217. The topological polar surface area (TPSA) is 17.1 Å². The molecule has 0 saturated carbocycles. The van der Waals surface area contributed by atoms with Gasteiger partial charge in [-0.1, -0.05) is 0 Å². The number of ketones is 1. The molecule has 0 rings (SSSR count). The van der Waals surface area contributed by atoms with Crippen LogP contribution in [0.4, 0.5) is 0 Å². The van der Waals surface area contributed by atoms with Crippen LogP contribution in [0.2, 0.25) is 0 Å². The van der Waals surface area contributed by atoms with Gasteiger partial charge in [-0.2, -0.15) is 0 Å². The highest BCUT2D eigenvalue weighted by atomic mass is 35.6. The average molecular weight is 905 g/mol. The van der Waals surface area contributed by atoms with Crippen molar-refractivity contribution in [1.29, 1.82) is 0 Å². The Hall–Kier alpha value is 5.47. The van der Waals surface area contributed by atoms with E-state index in [1.807, 2.05) is 0 Å². The third kappa shape index (κ3) is 556. The first-order valence-corrected chi connectivity index (χ1v) is 17.2. The lowest BCUT2D eigenvalue weighted by molar-refractivity contribution is -0.116. The van der Waals surface area contributed by atoms with Crippen molar-refractivity contribution in [2.75, 3.05) is 48.1 Å². The van der Waals surface area contributed by atoms with Crippen LogP contribution in [0, 0.1) is 0 Å². The van der Waals surface area contributed by atoms with Crippen molar-refractivity contribution in [1.82, 2.24) is 0 Å². The summed E-state index contributed by atoms with van der Waals surface area (Å²) in [5, 5.41) is 1.75. The Morgan fingerprint density at radius 3 is 0.500 bits per heavy atom. The molecule has 0 aliphatic heterocycles. The van der Waals surface area contributed by atoms with Crippen LogP contribution in [0.25, 0.3) is 0 Å². The van der Waals surface area contributed by atoms with Gasteiger partial charge in [0.1, 0.15) is 10.6 Å². The molecule has 0 heterocycles. The van der Waals surface area contributed by atoms with E-state index in [-0.39, 0.29) is 60.3 Å². The predicted octanol–water partition coefficient (Wildman–Crippen LogP) is 14.6. The maximum absolute atomic E-state index is 10.1. The first-order chi connectivity index (χ1) is 15.9. The molecule has 222 valence electrons. The van der Waals surface area contributed by atoms with E-state index in [0.29, 0.717) is 0 Å². The Labute approximate surface area is 304 Å². The van der Waals surface area contributed by atoms with E-state index in [1.54, 1.807) is 0 Å². The van der Waals surface area contributed by atoms with Crippen LogP contribution >= 0.6 is 232 Å². The lowest BCUT2D eigenvalue weighted by atomic mass is 10.4. The van der Waals surface area contributed by atoms with Crippen molar-refractivity contribution in [2.45, 2.75) is 18.2 Å². The third-order valence-corrected chi connectivity index (χ3v) is 0.750. The van der Waals surface area contributed by atoms with E-state index in [1.165, 1.54) is 6.92 Å². The average Bonchev–Trinajstić information content (AvgIpc) is 2.66. The van der Waals surface area contributed by atoms with Gasteiger partial charge in [-0.25, -0.2) is 0 Å². The van der Waals surface area contributed by atoms with Crippen molar-refractivity contribution in [3.63, 3.8) is 0 Å². The second-order valence-electron chi connectivity index (χ2n) is 2.21. The van der Waals surface area contributed by atoms with E-state index in [4.69, 9.17) is 232 Å². The summed E-state index contributed by atoms with van der Waals surface area (Å²) in [6.07, 6.45) is 0.253. The number of hydrogen-bond donors (Lipinski definition) is 0. The van der Waals surface area contributed by atoms with Crippen LogP contribution < -0.4 is 0 Å². The molecule has 0 radical (unpaired) electrons. The molecule has 0 amide bonds. The fraction of sp³-hybridized carbons (Fsp3) is 0.923. The fourth-order valence-corrected chi connectivity index (χ4v) is 0.652. The Morgan fingerprint density at radius 2 is 0.500 bits per heavy atom. The Balaban J connectivity index is -0.0000000241. The molecular formula is C13H24Cl20O. The summed E-state index contributed by atoms with van der Waals surface area (Å²) in [6, 6.07) is 0. The van der Waals surface area contributed by atoms with Gasteiger partial charge < -0.3 is 0 Å². The smallest absolute Gasteiger partial charge is 0.132 e. The summed E-state index contributed by atoms with van der Waals surface area (Å²) >= 11 is 96.2. The van der Waals surface area contributed by atoms with Crippen molar-refractivity contribution in [2.24, 2.45) is 0 Å². The molecule has 0 bridgehead atoms. The minimum absolute atomic E-state index is 0.0231. The van der Waals surface area contributed by atoms with Crippen LogP contribution in [0.5, 0.6) is 0 Å². The summed E-state index contributed by atoms with van der Waals surface area (Å²) in [7, 11) is 0. The number of alkyl halides is 20. The molecule has 0 unspecified atom stereocenters. The largest absolute Gasteiger partial charge is 0.300 e. The molecule has 0 aromatic rings. The van der Waals surface area contributed by atoms with Crippen molar-refractivity contribution < 1.29 is 4.79 Å². The molecule has 21 heteroatoms. The zero-order valence-corrected chi connectivity index (χ0v) is 32.2. The highest BCUT2D eigenvalue weighted by molar-refractivity contribution is 6.45. The summed E-state index contributed by atoms with van der Waals surface area (Å²) in [6.45, 7) is 1.46. The van der Waals surface area contributed by atoms with Gasteiger partial charge in [0.25, 0.3) is 0 Å². The molecule has 0 N–H and O–H groups in total. The molecule has 0 aliphatic rings. The van der Waals surface area contributed by atoms with Crippen molar-refractivity contribution >= 4 is 238 Å². The molecule has 0 aromatic heterocycles. The van der Waals surface area contributed by atoms with E-state index in [2.05, 4.69) is 0 Å². The number of Topliss-reactive ketones (excluding diaryl/α,β-unsaturated/α-hetero) is 1. The first kappa shape index (κ1) is 67.3. The highest BCUT2D eigenvalue weighted by Crippen LogP contribution is 2.05. The standard InChI is InChI=1S/C4H6Cl2O.9CH2Cl2/c1-3(7)2-4(5)6;9*2-1-3/h4H,2H2,1H3;9*1H2. The van der Waals surface area contributed by atoms with Gasteiger partial charge in [0.05, 0.1) is 48.1 Å². The molecule has 0 aromatic carbocycles. The third-order valence-electron chi connectivity index (χ3n) is 0.442. The van der Waals surface area contributed by atoms with Gasteiger partial charge in [-0.05, 0) is 6.92 Å². The molecular weight excluding hydrogens is 881 g/mol. The summed E-state index contributed by atoms with van der Waals surface area (Å²) in [5.74, 6) is 0.0231. The van der Waals surface area contributed by atoms with E-state index in [0.717, 1.165) is 0 Å². The maximum Gasteiger partial charge on any atom is 0.132 e. The van der Waals surface area contributed by atoms with Gasteiger partial charge in [0.15, 0.2) is 0 Å². The lowest BCUT2D eigenvalue weighted by Crippen LogP contribution is -1.95. The van der Waals surface area contributed by atoms with Gasteiger partial charge in [0, 0.05) is 6.42 Å². The quantitative estimate of drug-likeness (QED) is 0.252. The zero-order valence-electron chi connectivity index (χ0n) is 17.1. The Bertz CT molecular complexity index is 165. The summed E-state index contributed by atoms with van der Waals surface area (Å²) in [4.78, 5) is 9.56. The molecule has 0 fully saturated rings. The zero-order chi connectivity index (χ0) is 30.2. The second-order valence-corrected chi connectivity index (χ2v) is 10.8. The van der Waals surface area contributed by atoms with Crippen molar-refractivity contribution in [3.05, 3.63) is 0 Å². The molecule has 0 saturated heterocycles. The Morgan fingerprint density at radius 1 is 0.412 bits per heavy atom. The minimum atomic E-state index is -0.530. The van der Waals surface area contributed by atoms with Crippen LogP contribution in [-0.4, -0.2) is 58.7 Å². The molecule has 0 spiro atoms. The van der Waals surface area contributed by atoms with Crippen LogP contribution in [0.1, 0.15) is 13.3 Å². The normalized spacial score (nSPS) is 6.76.